The summed E-state index contributed by atoms with van der Waals surface area (Å²) >= 11 is 5.41. The van der Waals surface area contributed by atoms with Crippen LogP contribution in [0.25, 0.3) is 0 Å². The van der Waals surface area contributed by atoms with Gasteiger partial charge in [-0.05, 0) is 68.5 Å². The molecule has 1 atom stereocenters. The van der Waals surface area contributed by atoms with Gasteiger partial charge in [-0.25, -0.2) is 4.79 Å². The fourth-order valence-corrected chi connectivity index (χ4v) is 2.34. The van der Waals surface area contributed by atoms with Gasteiger partial charge in [-0.15, -0.1) is 0 Å². The van der Waals surface area contributed by atoms with E-state index in [2.05, 4.69) is 43.8 Å². The third kappa shape index (κ3) is 5.40. The van der Waals surface area contributed by atoms with Crippen LogP contribution in [0.3, 0.4) is 0 Å². The summed E-state index contributed by atoms with van der Waals surface area (Å²) in [5.41, 5.74) is -0.0457. The highest BCUT2D eigenvalue weighted by Crippen LogP contribution is 2.18. The van der Waals surface area contributed by atoms with Crippen molar-refractivity contribution in [2.75, 3.05) is 0 Å². The zero-order valence-electron chi connectivity index (χ0n) is 11.8. The first kappa shape index (κ1) is 17.4. The summed E-state index contributed by atoms with van der Waals surface area (Å²) in [6.07, 6.45) is 0. The van der Waals surface area contributed by atoms with E-state index in [1.54, 1.807) is 33.8 Å². The highest BCUT2D eigenvalue weighted by atomic mass is 127. The number of rotatable bonds is 3. The van der Waals surface area contributed by atoms with Gasteiger partial charge in [-0.2, -0.15) is 0 Å². The first-order valence-corrected chi connectivity index (χ1v) is 7.96. The topological polar surface area (TPSA) is 55.4 Å². The molecule has 0 heterocycles. The average Bonchev–Trinajstić information content (AvgIpc) is 2.29. The van der Waals surface area contributed by atoms with Crippen LogP contribution in [0.15, 0.2) is 22.7 Å². The Morgan fingerprint density at radius 1 is 1.35 bits per heavy atom. The van der Waals surface area contributed by atoms with Gasteiger partial charge in [-0.1, -0.05) is 15.9 Å². The highest BCUT2D eigenvalue weighted by Gasteiger charge is 2.23. The molecule has 0 aliphatic heterocycles. The Morgan fingerprint density at radius 2 is 1.95 bits per heavy atom. The molecule has 6 heteroatoms. The smallest absolute Gasteiger partial charge is 0.328 e. The average molecular weight is 454 g/mol. The summed E-state index contributed by atoms with van der Waals surface area (Å²) in [4.78, 5) is 24.0. The first-order valence-electron chi connectivity index (χ1n) is 6.09. The number of amides is 1. The SMILES string of the molecule is C[C@H](NC(=O)c1cc(Br)ccc1I)C(=O)OC(C)(C)C. The van der Waals surface area contributed by atoms with E-state index in [9.17, 15) is 9.59 Å². The van der Waals surface area contributed by atoms with Crippen LogP contribution in [-0.2, 0) is 9.53 Å². The molecule has 1 aromatic rings. The van der Waals surface area contributed by atoms with Crippen molar-refractivity contribution in [3.8, 4) is 0 Å². The number of carbonyl (C=O) groups excluding carboxylic acids is 2. The predicted molar refractivity (Wildman–Crippen MR) is 89.6 cm³/mol. The van der Waals surface area contributed by atoms with Gasteiger partial charge < -0.3 is 10.1 Å². The largest absolute Gasteiger partial charge is 0.458 e. The van der Waals surface area contributed by atoms with Crippen LogP contribution in [-0.4, -0.2) is 23.5 Å². The highest BCUT2D eigenvalue weighted by molar-refractivity contribution is 14.1. The minimum atomic E-state index is -0.698. The molecule has 0 aliphatic carbocycles. The van der Waals surface area contributed by atoms with Crippen molar-refractivity contribution < 1.29 is 14.3 Å². The number of ether oxygens (including phenoxy) is 1. The molecule has 4 nitrogen and oxygen atoms in total. The summed E-state index contributed by atoms with van der Waals surface area (Å²) in [6, 6.07) is 4.71. The Hall–Kier alpha value is -0.630. The second-order valence-corrected chi connectivity index (χ2v) is 7.43. The summed E-state index contributed by atoms with van der Waals surface area (Å²) in [5, 5.41) is 2.65. The molecular formula is C14H17BrINO3. The molecule has 20 heavy (non-hydrogen) atoms. The summed E-state index contributed by atoms with van der Waals surface area (Å²) < 4.78 is 6.86. The van der Waals surface area contributed by atoms with Crippen molar-refractivity contribution in [3.05, 3.63) is 31.8 Å². The lowest BCUT2D eigenvalue weighted by atomic mass is 10.2. The van der Waals surface area contributed by atoms with Crippen LogP contribution in [0.5, 0.6) is 0 Å². The Balaban J connectivity index is 2.75. The maximum Gasteiger partial charge on any atom is 0.328 e. The lowest BCUT2D eigenvalue weighted by Gasteiger charge is -2.22. The van der Waals surface area contributed by atoms with Crippen LogP contribution < -0.4 is 5.32 Å². The number of hydrogen-bond acceptors (Lipinski definition) is 3. The zero-order valence-corrected chi connectivity index (χ0v) is 15.5. The van der Waals surface area contributed by atoms with Gasteiger partial charge in [0, 0.05) is 8.04 Å². The van der Waals surface area contributed by atoms with Crippen LogP contribution >= 0.6 is 38.5 Å². The quantitative estimate of drug-likeness (QED) is 0.562. The number of halogens is 2. The molecule has 0 spiro atoms. The number of nitrogens with one attached hydrogen (secondary N) is 1. The van der Waals surface area contributed by atoms with E-state index in [4.69, 9.17) is 4.74 Å². The number of esters is 1. The van der Waals surface area contributed by atoms with E-state index < -0.39 is 17.6 Å². The molecule has 0 unspecified atom stereocenters. The minimum Gasteiger partial charge on any atom is -0.458 e. The number of hydrogen-bond donors (Lipinski definition) is 1. The predicted octanol–water partition coefficient (Wildman–Crippen LogP) is 3.51. The molecule has 1 aromatic carbocycles. The lowest BCUT2D eigenvalue weighted by Crippen LogP contribution is -2.42. The van der Waals surface area contributed by atoms with E-state index in [1.807, 2.05) is 12.1 Å². The van der Waals surface area contributed by atoms with Gasteiger partial charge >= 0.3 is 5.97 Å². The van der Waals surface area contributed by atoms with Crippen molar-refractivity contribution in [1.29, 1.82) is 0 Å². The second kappa shape index (κ2) is 6.89. The minimum absolute atomic E-state index is 0.297. The Labute approximate surface area is 140 Å². The number of carbonyl (C=O) groups is 2. The van der Waals surface area contributed by atoms with Crippen molar-refractivity contribution in [3.63, 3.8) is 0 Å². The van der Waals surface area contributed by atoms with Gasteiger partial charge in [0.2, 0.25) is 0 Å². The second-order valence-electron chi connectivity index (χ2n) is 5.35. The molecule has 0 bridgehead atoms. The first-order chi connectivity index (χ1) is 9.10. The van der Waals surface area contributed by atoms with E-state index in [0.717, 1.165) is 8.04 Å². The summed E-state index contributed by atoms with van der Waals surface area (Å²) in [6.45, 7) is 6.97. The fourth-order valence-electron chi connectivity index (χ4n) is 1.39. The maximum atomic E-state index is 12.2. The molecule has 1 rings (SSSR count). The standard InChI is InChI=1S/C14H17BrINO3/c1-8(13(19)20-14(2,3)4)17-12(18)10-7-9(15)5-6-11(10)16/h5-8H,1-4H3,(H,17,18)/t8-/m0/s1. The number of benzene rings is 1. The molecule has 0 saturated carbocycles. The molecule has 1 N–H and O–H groups in total. The molecule has 1 amide bonds. The van der Waals surface area contributed by atoms with Gasteiger partial charge in [0.25, 0.3) is 5.91 Å². The van der Waals surface area contributed by atoms with Gasteiger partial charge in [0.15, 0.2) is 0 Å². The van der Waals surface area contributed by atoms with Crippen LogP contribution in [0.4, 0.5) is 0 Å². The van der Waals surface area contributed by atoms with Crippen LogP contribution in [0, 0.1) is 3.57 Å². The van der Waals surface area contributed by atoms with Crippen molar-refractivity contribution >= 4 is 50.4 Å². The van der Waals surface area contributed by atoms with E-state index in [0.29, 0.717) is 5.56 Å². The maximum absolute atomic E-state index is 12.2. The summed E-state index contributed by atoms with van der Waals surface area (Å²) in [7, 11) is 0. The van der Waals surface area contributed by atoms with Gasteiger partial charge in [0.05, 0.1) is 5.56 Å². The Morgan fingerprint density at radius 3 is 2.50 bits per heavy atom. The van der Waals surface area contributed by atoms with Crippen LogP contribution in [0.2, 0.25) is 0 Å². The third-order valence-corrected chi connectivity index (χ3v) is 3.71. The van der Waals surface area contributed by atoms with E-state index in [1.165, 1.54) is 0 Å². The molecular weight excluding hydrogens is 437 g/mol. The van der Waals surface area contributed by atoms with Gasteiger partial charge in [-0.3, -0.25) is 4.79 Å². The molecule has 0 saturated heterocycles. The molecule has 0 aliphatic rings. The van der Waals surface area contributed by atoms with Crippen molar-refractivity contribution in [2.45, 2.75) is 39.3 Å². The Kier molecular flexibility index (Phi) is 6.00. The molecule has 0 aromatic heterocycles. The third-order valence-electron chi connectivity index (χ3n) is 2.28. The van der Waals surface area contributed by atoms with Gasteiger partial charge in [0.1, 0.15) is 11.6 Å². The fraction of sp³-hybridized carbons (Fsp3) is 0.429. The lowest BCUT2D eigenvalue weighted by molar-refractivity contribution is -0.156. The molecule has 0 fully saturated rings. The zero-order chi connectivity index (χ0) is 15.5. The van der Waals surface area contributed by atoms with Crippen molar-refractivity contribution in [2.24, 2.45) is 0 Å². The van der Waals surface area contributed by atoms with E-state index >= 15 is 0 Å². The van der Waals surface area contributed by atoms with E-state index in [-0.39, 0.29) is 5.91 Å². The Bertz CT molecular complexity index is 526. The summed E-state index contributed by atoms with van der Waals surface area (Å²) in [5.74, 6) is -0.745. The normalized spacial score (nSPS) is 12.7. The molecule has 110 valence electrons. The van der Waals surface area contributed by atoms with Crippen molar-refractivity contribution in [1.82, 2.24) is 5.32 Å². The van der Waals surface area contributed by atoms with Crippen LogP contribution in [0.1, 0.15) is 38.1 Å². The molecule has 0 radical (unpaired) electrons. The monoisotopic (exact) mass is 453 g/mol.